The number of hydrogen-bond donors (Lipinski definition) is 1. The molecule has 0 spiro atoms. The van der Waals surface area contributed by atoms with Gasteiger partial charge >= 0.3 is 5.97 Å². The number of hydrogen-bond acceptors (Lipinski definition) is 4. The minimum Gasteiger partial charge on any atom is -0.462 e. The van der Waals surface area contributed by atoms with Gasteiger partial charge in [0.15, 0.2) is 0 Å². The van der Waals surface area contributed by atoms with Crippen LogP contribution in [0.3, 0.4) is 0 Å². The Kier molecular flexibility index (Phi) is 5.32. The summed E-state index contributed by atoms with van der Waals surface area (Å²) in [6.45, 7) is 5.80. The molecule has 0 atom stereocenters. The number of ether oxygens (including phenoxy) is 1. The maximum atomic E-state index is 12.3. The molecule has 0 bridgehead atoms. The number of nitrogens with one attached hydrogen (secondary N) is 1. The molecule has 1 N–H and O–H groups in total. The van der Waals surface area contributed by atoms with E-state index in [-0.39, 0.29) is 18.9 Å². The lowest BCUT2D eigenvalue weighted by Crippen LogP contribution is -2.28. The summed E-state index contributed by atoms with van der Waals surface area (Å²) in [5, 5.41) is 8.55. The topological polar surface area (TPSA) is 86.2 Å². The molecule has 0 saturated carbocycles. The van der Waals surface area contributed by atoms with Crippen LogP contribution in [0.25, 0.3) is 0 Å². The Morgan fingerprint density at radius 1 is 1.40 bits per heavy atom. The van der Waals surface area contributed by atoms with Gasteiger partial charge in [-0.05, 0) is 26.3 Å². The average Bonchev–Trinajstić information content (AvgIpc) is 2.70. The number of nitrogens with zero attached hydrogens (tertiary/aromatic N) is 2. The normalized spacial score (nSPS) is 9.95. The van der Waals surface area contributed by atoms with Gasteiger partial charge in [-0.15, -0.1) is 0 Å². The maximum Gasteiger partial charge on any atom is 0.340 e. The zero-order chi connectivity index (χ0) is 15.3. The fraction of sp³-hybridized carbons (Fsp3) is 0.500. The average molecular weight is 277 g/mol. The first kappa shape index (κ1) is 15.8. The number of rotatable bonds is 5. The lowest BCUT2D eigenvalue weighted by atomic mass is 10.1. The summed E-state index contributed by atoms with van der Waals surface area (Å²) in [6, 6.07) is 1.99. The molecule has 0 saturated heterocycles. The summed E-state index contributed by atoms with van der Waals surface area (Å²) in [7, 11) is 1.62. The van der Waals surface area contributed by atoms with Crippen molar-refractivity contribution in [3.8, 4) is 6.07 Å². The van der Waals surface area contributed by atoms with Crippen molar-refractivity contribution in [3.05, 3.63) is 22.5 Å². The fourth-order valence-corrected chi connectivity index (χ4v) is 1.98. The second kappa shape index (κ2) is 6.75. The van der Waals surface area contributed by atoms with Gasteiger partial charge in [-0.3, -0.25) is 4.79 Å². The van der Waals surface area contributed by atoms with Crippen LogP contribution in [-0.2, 0) is 4.74 Å². The minimum atomic E-state index is -0.433. The third-order valence-electron chi connectivity index (χ3n) is 3.04. The zero-order valence-electron chi connectivity index (χ0n) is 12.2. The van der Waals surface area contributed by atoms with Crippen LogP contribution in [0.15, 0.2) is 0 Å². The van der Waals surface area contributed by atoms with Crippen molar-refractivity contribution in [2.75, 3.05) is 20.2 Å². The van der Waals surface area contributed by atoms with E-state index in [2.05, 4.69) is 4.98 Å². The summed E-state index contributed by atoms with van der Waals surface area (Å²) in [4.78, 5) is 28.5. The van der Waals surface area contributed by atoms with E-state index in [1.807, 2.05) is 6.07 Å². The number of H-pyrrole nitrogens is 1. The van der Waals surface area contributed by atoms with Crippen molar-refractivity contribution in [2.45, 2.75) is 27.2 Å². The van der Waals surface area contributed by atoms with E-state index in [1.165, 1.54) is 4.90 Å². The molecule has 0 fully saturated rings. The Morgan fingerprint density at radius 2 is 2.05 bits per heavy atom. The van der Waals surface area contributed by atoms with E-state index in [1.54, 1.807) is 27.8 Å². The number of aromatic nitrogens is 1. The Labute approximate surface area is 118 Å². The lowest BCUT2D eigenvalue weighted by Gasteiger charge is -2.15. The van der Waals surface area contributed by atoms with Gasteiger partial charge in [-0.1, -0.05) is 0 Å². The predicted octanol–water partition coefficient (Wildman–Crippen LogP) is 1.79. The van der Waals surface area contributed by atoms with Crippen LogP contribution in [0.4, 0.5) is 0 Å². The summed E-state index contributed by atoms with van der Waals surface area (Å²) in [5.74, 6) is -0.672. The number of nitriles is 1. The number of carbonyl (C=O) groups excluding carboxylic acids is 2. The molecule has 0 aliphatic rings. The minimum absolute atomic E-state index is 0.239. The number of amides is 1. The monoisotopic (exact) mass is 277 g/mol. The van der Waals surface area contributed by atoms with Crippen LogP contribution in [0.1, 0.15) is 45.4 Å². The zero-order valence-corrected chi connectivity index (χ0v) is 12.2. The molecular weight excluding hydrogens is 258 g/mol. The van der Waals surface area contributed by atoms with Gasteiger partial charge in [0.2, 0.25) is 0 Å². The number of aromatic amines is 1. The fourth-order valence-electron chi connectivity index (χ4n) is 1.98. The smallest absolute Gasteiger partial charge is 0.340 e. The Bertz CT molecular complexity index is 555. The first-order valence-corrected chi connectivity index (χ1v) is 6.42. The van der Waals surface area contributed by atoms with Crippen LogP contribution in [0.5, 0.6) is 0 Å². The van der Waals surface area contributed by atoms with E-state index < -0.39 is 5.97 Å². The largest absolute Gasteiger partial charge is 0.462 e. The van der Waals surface area contributed by atoms with Crippen molar-refractivity contribution in [2.24, 2.45) is 0 Å². The van der Waals surface area contributed by atoms with Crippen LogP contribution >= 0.6 is 0 Å². The molecule has 108 valence electrons. The Morgan fingerprint density at radius 3 is 2.60 bits per heavy atom. The first-order chi connectivity index (χ1) is 9.43. The highest BCUT2D eigenvalue weighted by atomic mass is 16.5. The molecular formula is C14H19N3O3. The van der Waals surface area contributed by atoms with E-state index in [0.717, 1.165) is 0 Å². The second-order valence-electron chi connectivity index (χ2n) is 4.48. The summed E-state index contributed by atoms with van der Waals surface area (Å²) < 4.78 is 4.98. The molecule has 6 heteroatoms. The van der Waals surface area contributed by atoms with E-state index in [0.29, 0.717) is 29.1 Å². The maximum absolute atomic E-state index is 12.3. The second-order valence-corrected chi connectivity index (χ2v) is 4.48. The quantitative estimate of drug-likeness (QED) is 0.831. The summed E-state index contributed by atoms with van der Waals surface area (Å²) in [6.07, 6.45) is 0.270. The molecule has 20 heavy (non-hydrogen) atoms. The van der Waals surface area contributed by atoms with Crippen LogP contribution in [0.2, 0.25) is 0 Å². The molecule has 1 aromatic rings. The van der Waals surface area contributed by atoms with Crippen molar-refractivity contribution in [1.29, 1.82) is 5.26 Å². The lowest BCUT2D eigenvalue weighted by molar-refractivity contribution is 0.0525. The predicted molar refractivity (Wildman–Crippen MR) is 73.4 cm³/mol. The van der Waals surface area contributed by atoms with Gasteiger partial charge in [-0.25, -0.2) is 4.79 Å². The molecule has 0 aliphatic carbocycles. The van der Waals surface area contributed by atoms with Crippen molar-refractivity contribution >= 4 is 11.9 Å². The van der Waals surface area contributed by atoms with Gasteiger partial charge in [-0.2, -0.15) is 5.26 Å². The molecule has 0 aromatic carbocycles. The molecule has 0 unspecified atom stereocenters. The van der Waals surface area contributed by atoms with E-state index in [4.69, 9.17) is 10.00 Å². The molecule has 1 amide bonds. The van der Waals surface area contributed by atoms with Crippen molar-refractivity contribution in [1.82, 2.24) is 9.88 Å². The van der Waals surface area contributed by atoms with Gasteiger partial charge in [0.05, 0.1) is 24.7 Å². The molecule has 1 rings (SSSR count). The van der Waals surface area contributed by atoms with Crippen LogP contribution < -0.4 is 0 Å². The van der Waals surface area contributed by atoms with Gasteiger partial charge in [0.25, 0.3) is 5.91 Å². The standard InChI is InChI=1S/C14H19N3O3/c1-5-20-14(19)11-9(2)12(16-10(11)3)13(18)17(4)8-6-7-15/h16H,5-6,8H2,1-4H3. The van der Waals surface area contributed by atoms with Gasteiger partial charge in [0, 0.05) is 19.3 Å². The van der Waals surface area contributed by atoms with E-state index in [9.17, 15) is 9.59 Å². The number of carbonyl (C=O) groups is 2. The van der Waals surface area contributed by atoms with Crippen LogP contribution in [-0.4, -0.2) is 42.0 Å². The molecule has 1 heterocycles. The highest BCUT2D eigenvalue weighted by Gasteiger charge is 2.24. The summed E-state index contributed by atoms with van der Waals surface area (Å²) >= 11 is 0. The molecule has 0 aliphatic heterocycles. The highest BCUT2D eigenvalue weighted by molar-refractivity contribution is 6.00. The SMILES string of the molecule is CCOC(=O)c1c(C)[nH]c(C(=O)N(C)CCC#N)c1C. The summed E-state index contributed by atoms with van der Waals surface area (Å²) in [5.41, 5.74) is 1.96. The third-order valence-corrected chi connectivity index (χ3v) is 3.04. The van der Waals surface area contributed by atoms with Crippen molar-refractivity contribution in [3.63, 3.8) is 0 Å². The van der Waals surface area contributed by atoms with Gasteiger partial charge < -0.3 is 14.6 Å². The third kappa shape index (κ3) is 3.18. The molecule has 1 aromatic heterocycles. The molecule has 6 nitrogen and oxygen atoms in total. The Hall–Kier alpha value is -2.29. The first-order valence-electron chi connectivity index (χ1n) is 6.42. The number of esters is 1. The van der Waals surface area contributed by atoms with Crippen LogP contribution in [0, 0.1) is 25.2 Å². The highest BCUT2D eigenvalue weighted by Crippen LogP contribution is 2.20. The molecule has 0 radical (unpaired) electrons. The Balaban J connectivity index is 3.04. The number of aryl methyl sites for hydroxylation is 1. The van der Waals surface area contributed by atoms with Gasteiger partial charge in [0.1, 0.15) is 5.69 Å². The van der Waals surface area contributed by atoms with E-state index >= 15 is 0 Å². The van der Waals surface area contributed by atoms with Crippen molar-refractivity contribution < 1.29 is 14.3 Å².